The number of sulfonamides is 1. The van der Waals surface area contributed by atoms with Gasteiger partial charge in [0.25, 0.3) is 0 Å². The summed E-state index contributed by atoms with van der Waals surface area (Å²) in [6.45, 7) is 2.61. The molecule has 10 heteroatoms. The Kier molecular flexibility index (Phi) is 13.7. The zero-order valence-electron chi connectivity index (χ0n) is 25.1. The molecule has 4 rings (SSSR count). The second-order valence-corrected chi connectivity index (χ2v) is 12.9. The van der Waals surface area contributed by atoms with Crippen molar-refractivity contribution in [2.75, 3.05) is 0 Å². The van der Waals surface area contributed by atoms with Crippen molar-refractivity contribution in [3.8, 4) is 0 Å². The fourth-order valence-electron chi connectivity index (χ4n) is 5.65. The lowest BCUT2D eigenvalue weighted by Crippen LogP contribution is -2.39. The molecule has 0 aliphatic heterocycles. The van der Waals surface area contributed by atoms with Gasteiger partial charge >= 0.3 is 11.9 Å². The standard InChI is InChI=1S/C21H21FN2O4S.C12H24O2/c22-14-5-8-16(9-6-14)29(27,28)23-15-7-10-20-18(13-15)17-3-1-2-4-19(17)24(20)12-11-21(25)26;1-2-3-4-5-6-7-8-9-10-11-12(13)14/h1-6,8-9,15,23H,7,10-13H2,(H,25,26);2-11H2,1H3,(H,13,14)/t15-;/m1./s1. The summed E-state index contributed by atoms with van der Waals surface area (Å²) in [4.78, 5) is 21.3. The molecule has 0 amide bonds. The van der Waals surface area contributed by atoms with Gasteiger partial charge in [0, 0.05) is 35.6 Å². The Morgan fingerprint density at radius 2 is 1.49 bits per heavy atom. The van der Waals surface area contributed by atoms with Crippen LogP contribution in [-0.2, 0) is 39.0 Å². The molecule has 3 aromatic rings. The van der Waals surface area contributed by atoms with E-state index in [-0.39, 0.29) is 17.4 Å². The summed E-state index contributed by atoms with van der Waals surface area (Å²) in [6, 6.07) is 12.3. The maximum atomic E-state index is 13.1. The van der Waals surface area contributed by atoms with Gasteiger partial charge in [-0.15, -0.1) is 0 Å². The van der Waals surface area contributed by atoms with Gasteiger partial charge < -0.3 is 14.8 Å². The number of unbranched alkanes of at least 4 members (excludes halogenated alkanes) is 8. The van der Waals surface area contributed by atoms with E-state index in [1.165, 1.54) is 57.1 Å². The molecule has 1 aromatic heterocycles. The second-order valence-electron chi connectivity index (χ2n) is 11.2. The largest absolute Gasteiger partial charge is 0.481 e. The molecule has 0 radical (unpaired) electrons. The number of para-hydroxylation sites is 1. The number of aryl methyl sites for hydroxylation is 1. The lowest BCUT2D eigenvalue weighted by Gasteiger charge is -2.25. The number of carboxylic acid groups (broad SMARTS) is 2. The summed E-state index contributed by atoms with van der Waals surface area (Å²) in [7, 11) is -3.75. The molecule has 0 unspecified atom stereocenters. The molecular weight excluding hydrogens is 571 g/mol. The lowest BCUT2D eigenvalue weighted by molar-refractivity contribution is -0.138. The molecule has 236 valence electrons. The van der Waals surface area contributed by atoms with E-state index in [1.807, 2.05) is 28.8 Å². The van der Waals surface area contributed by atoms with Gasteiger partial charge in [0.2, 0.25) is 10.0 Å². The first-order valence-electron chi connectivity index (χ1n) is 15.4. The van der Waals surface area contributed by atoms with Crippen LogP contribution in [0.25, 0.3) is 10.9 Å². The summed E-state index contributed by atoms with van der Waals surface area (Å²) in [5.41, 5.74) is 3.11. The normalized spacial score (nSPS) is 14.6. The van der Waals surface area contributed by atoms with Crippen molar-refractivity contribution < 1.29 is 32.6 Å². The van der Waals surface area contributed by atoms with Crippen LogP contribution in [0.15, 0.2) is 53.4 Å². The Bertz CT molecular complexity index is 1440. The Balaban J connectivity index is 0.000000308. The molecule has 1 heterocycles. The SMILES string of the molecule is CCCCCCCCCCCC(=O)O.O=C(O)CCn1c2c(c3ccccc31)C[C@H](NS(=O)(=O)c1ccc(F)cc1)CC2. The van der Waals surface area contributed by atoms with Crippen LogP contribution < -0.4 is 4.72 Å². The van der Waals surface area contributed by atoms with Gasteiger partial charge in [0.05, 0.1) is 11.3 Å². The Morgan fingerprint density at radius 3 is 2.12 bits per heavy atom. The molecule has 0 fully saturated rings. The Morgan fingerprint density at radius 1 is 0.884 bits per heavy atom. The molecule has 1 atom stereocenters. The van der Waals surface area contributed by atoms with Gasteiger partial charge in [0.1, 0.15) is 5.82 Å². The van der Waals surface area contributed by atoms with Gasteiger partial charge in [-0.1, -0.05) is 76.5 Å². The smallest absolute Gasteiger partial charge is 0.305 e. The first-order valence-corrected chi connectivity index (χ1v) is 16.9. The van der Waals surface area contributed by atoms with Crippen molar-refractivity contribution in [2.45, 2.75) is 114 Å². The van der Waals surface area contributed by atoms with Crippen LogP contribution in [0.4, 0.5) is 4.39 Å². The molecule has 1 aliphatic rings. The zero-order chi connectivity index (χ0) is 31.2. The summed E-state index contributed by atoms with van der Waals surface area (Å²) < 4.78 is 43.2. The number of halogens is 1. The van der Waals surface area contributed by atoms with Crippen LogP contribution in [0.2, 0.25) is 0 Å². The first-order chi connectivity index (χ1) is 20.6. The van der Waals surface area contributed by atoms with E-state index in [1.54, 1.807) is 0 Å². The maximum absolute atomic E-state index is 13.1. The van der Waals surface area contributed by atoms with Crippen LogP contribution in [-0.4, -0.2) is 41.2 Å². The molecule has 1 aliphatic carbocycles. The fraction of sp³-hybridized carbons (Fsp3) is 0.515. The molecule has 0 saturated heterocycles. The molecule has 43 heavy (non-hydrogen) atoms. The van der Waals surface area contributed by atoms with Crippen LogP contribution >= 0.6 is 0 Å². The minimum absolute atomic E-state index is 0.0335. The van der Waals surface area contributed by atoms with Crippen molar-refractivity contribution in [1.82, 2.24) is 9.29 Å². The van der Waals surface area contributed by atoms with E-state index >= 15 is 0 Å². The van der Waals surface area contributed by atoms with Gasteiger partial charge in [-0.3, -0.25) is 9.59 Å². The Labute approximate surface area is 254 Å². The van der Waals surface area contributed by atoms with Crippen LogP contribution in [0, 0.1) is 5.82 Å². The van der Waals surface area contributed by atoms with E-state index in [0.29, 0.717) is 32.2 Å². The van der Waals surface area contributed by atoms with Gasteiger partial charge in [-0.25, -0.2) is 17.5 Å². The zero-order valence-corrected chi connectivity index (χ0v) is 25.9. The topological polar surface area (TPSA) is 126 Å². The average molecular weight is 617 g/mol. The molecular formula is C33H45FN2O6S. The number of fused-ring (bicyclic) bond motifs is 3. The van der Waals surface area contributed by atoms with E-state index in [2.05, 4.69) is 11.6 Å². The second kappa shape index (κ2) is 17.2. The molecule has 2 aromatic carbocycles. The number of benzene rings is 2. The third-order valence-corrected chi connectivity index (χ3v) is 9.40. The van der Waals surface area contributed by atoms with Crippen molar-refractivity contribution in [1.29, 1.82) is 0 Å². The highest BCUT2D eigenvalue weighted by Crippen LogP contribution is 2.33. The average Bonchev–Trinajstić information content (AvgIpc) is 3.28. The Hall–Kier alpha value is -3.24. The number of rotatable bonds is 16. The van der Waals surface area contributed by atoms with Crippen LogP contribution in [0.3, 0.4) is 0 Å². The predicted octanol–water partition coefficient (Wildman–Crippen LogP) is 7.08. The predicted molar refractivity (Wildman–Crippen MR) is 166 cm³/mol. The van der Waals surface area contributed by atoms with Crippen LogP contribution in [0.5, 0.6) is 0 Å². The number of hydrogen-bond donors (Lipinski definition) is 3. The number of nitrogens with zero attached hydrogens (tertiary/aromatic N) is 1. The highest BCUT2D eigenvalue weighted by molar-refractivity contribution is 7.89. The minimum atomic E-state index is -3.75. The highest BCUT2D eigenvalue weighted by atomic mass is 32.2. The van der Waals surface area contributed by atoms with E-state index in [9.17, 15) is 22.4 Å². The third-order valence-electron chi connectivity index (χ3n) is 7.86. The van der Waals surface area contributed by atoms with Crippen molar-refractivity contribution in [3.63, 3.8) is 0 Å². The monoisotopic (exact) mass is 616 g/mol. The maximum Gasteiger partial charge on any atom is 0.305 e. The molecule has 0 bridgehead atoms. The summed E-state index contributed by atoms with van der Waals surface area (Å²) in [5, 5.41) is 18.5. The molecule has 0 spiro atoms. The van der Waals surface area contributed by atoms with Gasteiger partial charge in [0.15, 0.2) is 0 Å². The molecule has 8 nitrogen and oxygen atoms in total. The number of carboxylic acids is 2. The van der Waals surface area contributed by atoms with Crippen molar-refractivity contribution >= 4 is 32.9 Å². The molecule has 0 saturated carbocycles. The first kappa shape index (κ1) is 34.3. The van der Waals surface area contributed by atoms with Gasteiger partial charge in [-0.2, -0.15) is 0 Å². The summed E-state index contributed by atoms with van der Waals surface area (Å²) in [6.07, 6.45) is 13.3. The molecule has 3 N–H and O–H groups in total. The van der Waals surface area contributed by atoms with E-state index in [4.69, 9.17) is 10.2 Å². The number of nitrogens with one attached hydrogen (secondary N) is 1. The number of aromatic nitrogens is 1. The van der Waals surface area contributed by atoms with E-state index < -0.39 is 27.8 Å². The fourth-order valence-corrected chi connectivity index (χ4v) is 6.92. The van der Waals surface area contributed by atoms with E-state index in [0.717, 1.165) is 47.1 Å². The lowest BCUT2D eigenvalue weighted by atomic mass is 9.92. The summed E-state index contributed by atoms with van der Waals surface area (Å²) in [5.74, 6) is -1.99. The van der Waals surface area contributed by atoms with Crippen molar-refractivity contribution in [2.24, 2.45) is 0 Å². The number of hydrogen-bond acceptors (Lipinski definition) is 4. The highest BCUT2D eigenvalue weighted by Gasteiger charge is 2.28. The minimum Gasteiger partial charge on any atom is -0.481 e. The van der Waals surface area contributed by atoms with Crippen LogP contribution in [0.1, 0.15) is 95.2 Å². The van der Waals surface area contributed by atoms with Crippen molar-refractivity contribution in [3.05, 3.63) is 65.6 Å². The van der Waals surface area contributed by atoms with Gasteiger partial charge in [-0.05, 0) is 61.6 Å². The third kappa shape index (κ3) is 10.8. The quantitative estimate of drug-likeness (QED) is 0.148. The number of aliphatic carboxylic acids is 2. The number of carbonyl (C=O) groups is 2. The summed E-state index contributed by atoms with van der Waals surface area (Å²) >= 11 is 0.